The molecule has 88 valence electrons. The molecule has 0 fully saturated rings. The molecule has 0 heterocycles. The van der Waals surface area contributed by atoms with Crippen molar-refractivity contribution in [1.82, 2.24) is 0 Å². The number of rotatable bonds is 8. The molecule has 0 spiro atoms. The molecule has 0 aromatic rings. The molecule has 15 heavy (non-hydrogen) atoms. The molecule has 0 aliphatic rings. The van der Waals surface area contributed by atoms with Gasteiger partial charge in [-0.3, -0.25) is 0 Å². The normalized spacial score (nSPS) is 10.9. The maximum Gasteiger partial charge on any atom is -0.0269 e. The van der Waals surface area contributed by atoms with E-state index in [2.05, 4.69) is 45.6 Å². The molecule has 0 rings (SSSR count). The summed E-state index contributed by atoms with van der Waals surface area (Å²) in [6.45, 7) is 9.23. The zero-order valence-corrected chi connectivity index (χ0v) is 11.1. The average molecular weight is 208 g/mol. The number of allylic oxidation sites excluding steroid dienone is 1. The summed E-state index contributed by atoms with van der Waals surface area (Å²) in [5, 5.41) is 0. The molecule has 0 N–H and O–H groups in total. The largest absolute Gasteiger partial charge is 0.130 e. The van der Waals surface area contributed by atoms with Crippen LogP contribution < -0.4 is 0 Å². The van der Waals surface area contributed by atoms with Crippen LogP contribution in [-0.2, 0) is 0 Å². The van der Waals surface area contributed by atoms with Crippen molar-refractivity contribution in [1.29, 1.82) is 0 Å². The molecule has 0 saturated heterocycles. The minimum absolute atomic E-state index is 0.510. The van der Waals surface area contributed by atoms with E-state index in [9.17, 15) is 0 Å². The van der Waals surface area contributed by atoms with Gasteiger partial charge in [0.15, 0.2) is 0 Å². The first kappa shape index (κ1) is 14.5. The first-order chi connectivity index (χ1) is 7.12. The van der Waals surface area contributed by atoms with Gasteiger partial charge in [0, 0.05) is 0 Å². The van der Waals surface area contributed by atoms with Crippen LogP contribution in [0.5, 0.6) is 0 Å². The number of hydrogen-bond acceptors (Lipinski definition) is 0. The molecule has 0 nitrogen and oxygen atoms in total. The van der Waals surface area contributed by atoms with Crippen LogP contribution in [0.4, 0.5) is 0 Å². The van der Waals surface area contributed by atoms with E-state index in [1.54, 1.807) is 0 Å². The Morgan fingerprint density at radius 3 is 2.20 bits per heavy atom. The summed E-state index contributed by atoms with van der Waals surface area (Å²) in [6, 6.07) is 0. The summed E-state index contributed by atoms with van der Waals surface area (Å²) < 4.78 is 0. The molecule has 0 aliphatic heterocycles. The molecule has 0 radical (unpaired) electrons. The first-order valence-electron chi connectivity index (χ1n) is 6.52. The maximum absolute atomic E-state index is 3.28. The van der Waals surface area contributed by atoms with Crippen LogP contribution in [0.2, 0.25) is 0 Å². The van der Waals surface area contributed by atoms with E-state index >= 15 is 0 Å². The van der Waals surface area contributed by atoms with Crippen LogP contribution in [-0.4, -0.2) is 0 Å². The minimum Gasteiger partial charge on any atom is -0.130 e. The van der Waals surface area contributed by atoms with E-state index in [0.717, 1.165) is 0 Å². The quantitative estimate of drug-likeness (QED) is 0.365. The molecular weight excluding hydrogens is 180 g/mol. The zero-order chi connectivity index (χ0) is 11.6. The fourth-order valence-corrected chi connectivity index (χ4v) is 1.82. The van der Waals surface area contributed by atoms with Crippen LogP contribution in [0.25, 0.3) is 0 Å². The van der Waals surface area contributed by atoms with Crippen LogP contribution in [0.3, 0.4) is 0 Å². The van der Waals surface area contributed by atoms with Gasteiger partial charge in [0.2, 0.25) is 0 Å². The lowest BCUT2D eigenvalue weighted by molar-refractivity contribution is 0.307. The molecule has 0 aromatic heterocycles. The molecule has 0 aliphatic carbocycles. The third-order valence-electron chi connectivity index (χ3n) is 2.83. The van der Waals surface area contributed by atoms with Crippen molar-refractivity contribution >= 4 is 0 Å². The Hall–Kier alpha value is -0.480. The van der Waals surface area contributed by atoms with Crippen molar-refractivity contribution in [2.24, 2.45) is 5.41 Å². The maximum atomic E-state index is 3.28. The van der Waals surface area contributed by atoms with E-state index in [-0.39, 0.29) is 0 Å². The van der Waals surface area contributed by atoms with Crippen LogP contribution >= 0.6 is 0 Å². The molecular formula is C15H28. The third-order valence-corrected chi connectivity index (χ3v) is 2.83. The van der Waals surface area contributed by atoms with Crippen molar-refractivity contribution in [3.05, 3.63) is 17.9 Å². The van der Waals surface area contributed by atoms with E-state index < -0.39 is 0 Å². The average Bonchev–Trinajstić information content (AvgIpc) is 2.16. The Kier molecular flexibility index (Phi) is 8.52. The second-order valence-electron chi connectivity index (χ2n) is 5.17. The highest BCUT2D eigenvalue weighted by Crippen LogP contribution is 2.27. The van der Waals surface area contributed by atoms with Crippen molar-refractivity contribution in [3.8, 4) is 0 Å². The lowest BCUT2D eigenvalue weighted by Gasteiger charge is -2.22. The van der Waals surface area contributed by atoms with Gasteiger partial charge in [0.05, 0.1) is 0 Å². The van der Waals surface area contributed by atoms with Gasteiger partial charge in [-0.2, -0.15) is 0 Å². The molecule has 0 unspecified atom stereocenters. The van der Waals surface area contributed by atoms with Crippen molar-refractivity contribution in [2.45, 2.75) is 72.6 Å². The van der Waals surface area contributed by atoms with Gasteiger partial charge in [0.25, 0.3) is 0 Å². The fraction of sp³-hybridized carbons (Fsp3) is 0.800. The summed E-state index contributed by atoms with van der Waals surface area (Å²) in [7, 11) is 0. The number of unbranched alkanes of at least 4 members (excludes halogenated alkanes) is 2. The predicted octanol–water partition coefficient (Wildman–Crippen LogP) is 5.49. The van der Waals surface area contributed by atoms with Gasteiger partial charge in [-0.15, -0.1) is 5.73 Å². The van der Waals surface area contributed by atoms with Crippen molar-refractivity contribution in [2.75, 3.05) is 0 Å². The summed E-state index contributed by atoms with van der Waals surface area (Å²) in [5.41, 5.74) is 3.80. The SMILES string of the molecule is CCCCC=C=CCCC(C)(C)CCC. The monoisotopic (exact) mass is 208 g/mol. The minimum atomic E-state index is 0.510. The predicted molar refractivity (Wildman–Crippen MR) is 70.1 cm³/mol. The topological polar surface area (TPSA) is 0 Å². The van der Waals surface area contributed by atoms with Crippen LogP contribution in [0.1, 0.15) is 72.6 Å². The summed E-state index contributed by atoms with van der Waals surface area (Å²) in [6.07, 6.45) is 13.2. The van der Waals surface area contributed by atoms with Gasteiger partial charge in [-0.1, -0.05) is 40.5 Å². The molecule has 0 saturated carbocycles. The Morgan fingerprint density at radius 2 is 1.60 bits per heavy atom. The lowest BCUT2D eigenvalue weighted by Crippen LogP contribution is -2.09. The van der Waals surface area contributed by atoms with Gasteiger partial charge in [-0.25, -0.2) is 0 Å². The van der Waals surface area contributed by atoms with Gasteiger partial charge in [-0.05, 0) is 49.7 Å². The molecule has 0 heteroatoms. The van der Waals surface area contributed by atoms with E-state index in [1.807, 2.05) is 0 Å². The van der Waals surface area contributed by atoms with E-state index in [4.69, 9.17) is 0 Å². The van der Waals surface area contributed by atoms with Crippen molar-refractivity contribution < 1.29 is 0 Å². The lowest BCUT2D eigenvalue weighted by atomic mass is 9.83. The Bertz CT molecular complexity index is 192. The van der Waals surface area contributed by atoms with Crippen LogP contribution in [0, 0.1) is 5.41 Å². The molecule has 0 amide bonds. The molecule has 0 atom stereocenters. The Balaban J connectivity index is 3.63. The first-order valence-corrected chi connectivity index (χ1v) is 6.52. The highest BCUT2D eigenvalue weighted by molar-refractivity contribution is 4.86. The van der Waals surface area contributed by atoms with Gasteiger partial charge >= 0.3 is 0 Å². The Labute approximate surface area is 96.5 Å². The van der Waals surface area contributed by atoms with Gasteiger partial charge < -0.3 is 0 Å². The van der Waals surface area contributed by atoms with E-state index in [0.29, 0.717) is 5.41 Å². The smallest absolute Gasteiger partial charge is 0.0269 e. The van der Waals surface area contributed by atoms with Crippen LogP contribution in [0.15, 0.2) is 17.9 Å². The summed E-state index contributed by atoms with van der Waals surface area (Å²) in [4.78, 5) is 0. The zero-order valence-electron chi connectivity index (χ0n) is 11.1. The van der Waals surface area contributed by atoms with Crippen molar-refractivity contribution in [3.63, 3.8) is 0 Å². The molecule has 0 bridgehead atoms. The standard InChI is InChI=1S/C15H28/c1-5-7-8-9-10-11-12-14-15(3,4)13-6-2/h9,11H,5-8,12-14H2,1-4H3. The third kappa shape index (κ3) is 9.82. The molecule has 0 aromatic carbocycles. The summed E-state index contributed by atoms with van der Waals surface area (Å²) in [5.74, 6) is 0. The van der Waals surface area contributed by atoms with Gasteiger partial charge in [0.1, 0.15) is 0 Å². The second-order valence-corrected chi connectivity index (χ2v) is 5.17. The highest BCUT2D eigenvalue weighted by Gasteiger charge is 2.14. The Morgan fingerprint density at radius 1 is 0.933 bits per heavy atom. The summed E-state index contributed by atoms with van der Waals surface area (Å²) >= 11 is 0. The second kappa shape index (κ2) is 8.80. The number of hydrogen-bond donors (Lipinski definition) is 0. The highest BCUT2D eigenvalue weighted by atomic mass is 14.2. The van der Waals surface area contributed by atoms with E-state index in [1.165, 1.54) is 44.9 Å². The fourth-order valence-electron chi connectivity index (χ4n) is 1.82.